The standard InChI is InChI=1S/C26H27Cl2NO4/c1-6-32-25(30)22-16(4)29(19-11-8-15(3)9-12-19)17(5)23(26(31)33-7-2)24(22)18-10-13-20(27)21(28)14-18/h8-14,24H,6-7H2,1-5H3. The molecule has 0 N–H and O–H groups in total. The number of aryl methyl sites for hydroxylation is 1. The Hall–Kier alpha value is -2.76. The van der Waals surface area contributed by atoms with Gasteiger partial charge in [-0.15, -0.1) is 0 Å². The van der Waals surface area contributed by atoms with Crippen LogP contribution >= 0.6 is 23.2 Å². The minimum atomic E-state index is -0.723. The van der Waals surface area contributed by atoms with Gasteiger partial charge in [-0.3, -0.25) is 0 Å². The first-order valence-electron chi connectivity index (χ1n) is 10.8. The van der Waals surface area contributed by atoms with E-state index in [2.05, 4.69) is 0 Å². The van der Waals surface area contributed by atoms with Gasteiger partial charge in [0.25, 0.3) is 0 Å². The topological polar surface area (TPSA) is 55.8 Å². The number of nitrogens with zero attached hydrogens (tertiary/aromatic N) is 1. The molecule has 0 radical (unpaired) electrons. The largest absolute Gasteiger partial charge is 0.463 e. The number of carbonyl (C=O) groups excluding carboxylic acids is 2. The van der Waals surface area contributed by atoms with Crippen molar-refractivity contribution in [1.82, 2.24) is 0 Å². The normalized spacial score (nSPS) is 14.6. The molecule has 0 atom stereocenters. The van der Waals surface area contributed by atoms with Gasteiger partial charge in [-0.05, 0) is 64.4 Å². The molecule has 5 nitrogen and oxygen atoms in total. The molecule has 0 fully saturated rings. The van der Waals surface area contributed by atoms with Gasteiger partial charge in [0.05, 0.1) is 40.3 Å². The fraction of sp³-hybridized carbons (Fsp3) is 0.308. The number of allylic oxidation sites excluding steroid dienone is 2. The van der Waals surface area contributed by atoms with Crippen LogP contribution in [0.2, 0.25) is 10.0 Å². The predicted octanol–water partition coefficient (Wildman–Crippen LogP) is 6.58. The third-order valence-corrected chi connectivity index (χ3v) is 6.33. The highest BCUT2D eigenvalue weighted by Crippen LogP contribution is 2.45. The molecule has 1 aliphatic rings. The van der Waals surface area contributed by atoms with Crippen LogP contribution in [-0.2, 0) is 19.1 Å². The Balaban J connectivity index is 2.33. The zero-order valence-electron chi connectivity index (χ0n) is 19.4. The molecule has 0 saturated heterocycles. The van der Waals surface area contributed by atoms with E-state index < -0.39 is 17.9 Å². The smallest absolute Gasteiger partial charge is 0.336 e. The number of hydrogen-bond acceptors (Lipinski definition) is 5. The molecular formula is C26H27Cl2NO4. The van der Waals surface area contributed by atoms with E-state index in [1.54, 1.807) is 32.0 Å². The van der Waals surface area contributed by atoms with Crippen molar-refractivity contribution in [3.8, 4) is 0 Å². The Morgan fingerprint density at radius 2 is 1.33 bits per heavy atom. The van der Waals surface area contributed by atoms with Gasteiger partial charge >= 0.3 is 11.9 Å². The van der Waals surface area contributed by atoms with E-state index in [4.69, 9.17) is 32.7 Å². The van der Waals surface area contributed by atoms with Crippen LogP contribution in [0.1, 0.15) is 44.7 Å². The number of carbonyl (C=O) groups is 2. The number of rotatable bonds is 6. The maximum Gasteiger partial charge on any atom is 0.336 e. The zero-order valence-corrected chi connectivity index (χ0v) is 20.9. The first-order valence-corrected chi connectivity index (χ1v) is 11.5. The van der Waals surface area contributed by atoms with Crippen molar-refractivity contribution in [3.05, 3.63) is 86.2 Å². The lowest BCUT2D eigenvalue weighted by molar-refractivity contribution is -0.139. The summed E-state index contributed by atoms with van der Waals surface area (Å²) < 4.78 is 10.9. The third-order valence-electron chi connectivity index (χ3n) is 5.59. The molecule has 0 bridgehead atoms. The lowest BCUT2D eigenvalue weighted by atomic mass is 9.79. The molecule has 0 amide bonds. The molecule has 33 heavy (non-hydrogen) atoms. The minimum Gasteiger partial charge on any atom is -0.463 e. The Morgan fingerprint density at radius 3 is 1.79 bits per heavy atom. The summed E-state index contributed by atoms with van der Waals surface area (Å²) in [6.45, 7) is 9.59. The zero-order chi connectivity index (χ0) is 24.3. The number of hydrogen-bond donors (Lipinski definition) is 0. The van der Waals surface area contributed by atoms with Gasteiger partial charge in [0, 0.05) is 17.1 Å². The summed E-state index contributed by atoms with van der Waals surface area (Å²) >= 11 is 12.5. The predicted molar refractivity (Wildman–Crippen MR) is 132 cm³/mol. The summed E-state index contributed by atoms with van der Waals surface area (Å²) in [7, 11) is 0. The average Bonchev–Trinajstić information content (AvgIpc) is 2.76. The summed E-state index contributed by atoms with van der Waals surface area (Å²) in [4.78, 5) is 28.4. The average molecular weight is 488 g/mol. The molecule has 2 aromatic carbocycles. The molecule has 174 valence electrons. The van der Waals surface area contributed by atoms with Gasteiger partial charge in [-0.25, -0.2) is 9.59 Å². The first-order chi connectivity index (χ1) is 15.7. The Kier molecular flexibility index (Phi) is 7.88. The summed E-state index contributed by atoms with van der Waals surface area (Å²) in [5.74, 6) is -1.73. The van der Waals surface area contributed by atoms with Crippen LogP contribution in [0.5, 0.6) is 0 Å². The number of benzene rings is 2. The summed E-state index contributed by atoms with van der Waals surface area (Å²) in [6.07, 6.45) is 0. The maximum atomic E-state index is 13.3. The molecule has 1 aliphatic heterocycles. The Bertz CT molecular complexity index is 1090. The van der Waals surface area contributed by atoms with Crippen molar-refractivity contribution in [3.63, 3.8) is 0 Å². The van der Waals surface area contributed by atoms with Crippen LogP contribution in [0.3, 0.4) is 0 Å². The van der Waals surface area contributed by atoms with Crippen molar-refractivity contribution < 1.29 is 19.1 Å². The van der Waals surface area contributed by atoms with E-state index in [9.17, 15) is 9.59 Å². The Morgan fingerprint density at radius 1 is 0.818 bits per heavy atom. The quantitative estimate of drug-likeness (QED) is 0.430. The number of anilines is 1. The molecule has 0 saturated carbocycles. The van der Waals surface area contributed by atoms with Crippen LogP contribution in [-0.4, -0.2) is 25.2 Å². The van der Waals surface area contributed by atoms with Gasteiger partial charge in [0.1, 0.15) is 0 Å². The van der Waals surface area contributed by atoms with E-state index >= 15 is 0 Å². The highest BCUT2D eigenvalue weighted by molar-refractivity contribution is 6.42. The van der Waals surface area contributed by atoms with Crippen LogP contribution < -0.4 is 4.90 Å². The molecule has 0 aromatic heterocycles. The molecular weight excluding hydrogens is 461 g/mol. The van der Waals surface area contributed by atoms with Crippen LogP contribution in [0.25, 0.3) is 0 Å². The van der Waals surface area contributed by atoms with Crippen LogP contribution in [0.15, 0.2) is 65.0 Å². The van der Waals surface area contributed by atoms with E-state index in [0.29, 0.717) is 38.1 Å². The monoisotopic (exact) mass is 487 g/mol. The first kappa shape index (κ1) is 24.9. The molecule has 0 aliphatic carbocycles. The van der Waals surface area contributed by atoms with Crippen LogP contribution in [0.4, 0.5) is 5.69 Å². The number of esters is 2. The fourth-order valence-electron chi connectivity index (χ4n) is 4.11. The summed E-state index contributed by atoms with van der Waals surface area (Å²) in [5, 5.41) is 0.714. The van der Waals surface area contributed by atoms with E-state index in [-0.39, 0.29) is 13.2 Å². The van der Waals surface area contributed by atoms with Crippen molar-refractivity contribution in [1.29, 1.82) is 0 Å². The second-order valence-corrected chi connectivity index (χ2v) is 8.53. The van der Waals surface area contributed by atoms with Gasteiger partial charge in [0.15, 0.2) is 0 Å². The molecule has 3 rings (SSSR count). The van der Waals surface area contributed by atoms with Crippen molar-refractivity contribution >= 4 is 40.8 Å². The molecule has 0 unspecified atom stereocenters. The van der Waals surface area contributed by atoms with Crippen molar-refractivity contribution in [2.24, 2.45) is 0 Å². The molecule has 2 aromatic rings. The van der Waals surface area contributed by atoms with Gasteiger partial charge in [-0.2, -0.15) is 0 Å². The minimum absolute atomic E-state index is 0.200. The highest BCUT2D eigenvalue weighted by atomic mass is 35.5. The number of ether oxygens (including phenoxy) is 2. The SMILES string of the molecule is CCOC(=O)C1=C(C)N(c2ccc(C)cc2)C(C)=C(C(=O)OCC)C1c1ccc(Cl)c(Cl)c1. The van der Waals surface area contributed by atoms with E-state index in [1.807, 2.05) is 49.9 Å². The Labute approximate surface area is 204 Å². The van der Waals surface area contributed by atoms with Crippen molar-refractivity contribution in [2.75, 3.05) is 18.1 Å². The fourth-order valence-corrected chi connectivity index (χ4v) is 4.42. The second kappa shape index (κ2) is 10.4. The van der Waals surface area contributed by atoms with E-state index in [1.165, 1.54) is 0 Å². The van der Waals surface area contributed by atoms with Gasteiger partial charge in [-0.1, -0.05) is 47.0 Å². The summed E-state index contributed by atoms with van der Waals surface area (Å²) in [6, 6.07) is 13.0. The molecule has 7 heteroatoms. The number of halogens is 2. The summed E-state index contributed by atoms with van der Waals surface area (Å²) in [5.41, 5.74) is 4.61. The third kappa shape index (κ3) is 4.94. The lowest BCUT2D eigenvalue weighted by Crippen LogP contribution is -2.35. The van der Waals surface area contributed by atoms with Gasteiger partial charge in [0.2, 0.25) is 0 Å². The molecule has 0 spiro atoms. The van der Waals surface area contributed by atoms with Crippen LogP contribution in [0, 0.1) is 6.92 Å². The highest BCUT2D eigenvalue weighted by Gasteiger charge is 2.41. The van der Waals surface area contributed by atoms with Gasteiger partial charge < -0.3 is 14.4 Å². The lowest BCUT2D eigenvalue weighted by Gasteiger charge is -2.38. The van der Waals surface area contributed by atoms with E-state index in [0.717, 1.165) is 11.3 Å². The maximum absolute atomic E-state index is 13.3. The van der Waals surface area contributed by atoms with Crippen molar-refractivity contribution in [2.45, 2.75) is 40.5 Å². The molecule has 1 heterocycles. The second-order valence-electron chi connectivity index (χ2n) is 7.72.